The van der Waals surface area contributed by atoms with Gasteiger partial charge >= 0.3 is 6.36 Å². The summed E-state index contributed by atoms with van der Waals surface area (Å²) in [7, 11) is 0. The lowest BCUT2D eigenvalue weighted by atomic mass is 10.1. The van der Waals surface area contributed by atoms with Gasteiger partial charge in [-0.05, 0) is 29.8 Å². The summed E-state index contributed by atoms with van der Waals surface area (Å²) in [4.78, 5) is 4.05. The fraction of sp³-hybridized carbons (Fsp3) is 0.143. The summed E-state index contributed by atoms with van der Waals surface area (Å²) in [6, 6.07) is 10.6. The second kappa shape index (κ2) is 6.02. The summed E-state index contributed by atoms with van der Waals surface area (Å²) in [5, 5.41) is 8.77. The van der Waals surface area contributed by atoms with Crippen molar-refractivity contribution in [1.82, 2.24) is 4.98 Å². The van der Waals surface area contributed by atoms with E-state index in [-0.39, 0.29) is 17.3 Å². The van der Waals surface area contributed by atoms with Crippen LogP contribution < -0.4 is 4.74 Å². The standard InChI is InChI=1S/C14H8ClF3N2O/c15-13-12(6-3-10(20-13)7-8-19)9-1-4-11(5-2-9)21-14(16,17)18/h1-6H,7H2. The number of nitrogens with zero attached hydrogens (tertiary/aromatic N) is 2. The van der Waals surface area contributed by atoms with Crippen LogP contribution in [0.1, 0.15) is 5.69 Å². The molecule has 0 amide bonds. The van der Waals surface area contributed by atoms with Gasteiger partial charge in [-0.15, -0.1) is 13.2 Å². The molecule has 7 heteroatoms. The number of aromatic nitrogens is 1. The molecule has 1 aromatic heterocycles. The zero-order chi connectivity index (χ0) is 15.5. The molecule has 0 unspecified atom stereocenters. The molecule has 1 heterocycles. The van der Waals surface area contributed by atoms with Gasteiger partial charge in [0, 0.05) is 5.56 Å². The molecule has 21 heavy (non-hydrogen) atoms. The summed E-state index contributed by atoms with van der Waals surface area (Å²) >= 11 is 6.01. The number of alkyl halides is 3. The molecule has 3 nitrogen and oxygen atoms in total. The summed E-state index contributed by atoms with van der Waals surface area (Å²) in [5.41, 5.74) is 1.70. The molecule has 0 aliphatic heterocycles. The molecular formula is C14H8ClF3N2O. The van der Waals surface area contributed by atoms with Crippen molar-refractivity contribution in [2.24, 2.45) is 0 Å². The van der Waals surface area contributed by atoms with E-state index in [0.717, 1.165) is 0 Å². The topological polar surface area (TPSA) is 45.9 Å². The van der Waals surface area contributed by atoms with Gasteiger partial charge < -0.3 is 4.74 Å². The maximum Gasteiger partial charge on any atom is 0.573 e. The Morgan fingerprint density at radius 2 is 1.81 bits per heavy atom. The SMILES string of the molecule is N#CCc1ccc(-c2ccc(OC(F)(F)F)cc2)c(Cl)n1. The molecule has 0 saturated heterocycles. The van der Waals surface area contributed by atoms with Crippen molar-refractivity contribution in [2.75, 3.05) is 0 Å². The minimum Gasteiger partial charge on any atom is -0.406 e. The molecule has 108 valence electrons. The van der Waals surface area contributed by atoms with E-state index in [1.807, 2.05) is 6.07 Å². The molecule has 1 aromatic carbocycles. The van der Waals surface area contributed by atoms with Crippen LogP contribution in [0.25, 0.3) is 11.1 Å². The maximum absolute atomic E-state index is 12.1. The molecule has 0 N–H and O–H groups in total. The minimum absolute atomic E-state index is 0.137. The average molecular weight is 313 g/mol. The van der Waals surface area contributed by atoms with Crippen molar-refractivity contribution in [3.63, 3.8) is 0 Å². The van der Waals surface area contributed by atoms with E-state index in [1.54, 1.807) is 12.1 Å². The first kappa shape index (κ1) is 15.1. The van der Waals surface area contributed by atoms with E-state index < -0.39 is 6.36 Å². The molecule has 0 aliphatic rings. The van der Waals surface area contributed by atoms with E-state index in [1.165, 1.54) is 24.3 Å². The summed E-state index contributed by atoms with van der Waals surface area (Å²) in [5.74, 6) is -0.309. The Bertz CT molecular complexity index is 678. The van der Waals surface area contributed by atoms with Gasteiger partial charge in [-0.2, -0.15) is 5.26 Å². The van der Waals surface area contributed by atoms with Gasteiger partial charge in [-0.1, -0.05) is 23.7 Å². The number of rotatable bonds is 3. The number of pyridine rings is 1. The Labute approximate surface area is 123 Å². The normalized spacial score (nSPS) is 11.0. The van der Waals surface area contributed by atoms with Gasteiger partial charge in [0.1, 0.15) is 10.9 Å². The first-order chi connectivity index (χ1) is 9.89. The molecule has 2 rings (SSSR count). The molecule has 0 radical (unpaired) electrons. The lowest BCUT2D eigenvalue weighted by molar-refractivity contribution is -0.274. The number of hydrogen-bond acceptors (Lipinski definition) is 3. The zero-order valence-corrected chi connectivity index (χ0v) is 11.2. The van der Waals surface area contributed by atoms with Crippen LogP contribution in [0.15, 0.2) is 36.4 Å². The van der Waals surface area contributed by atoms with E-state index in [0.29, 0.717) is 16.8 Å². The first-order valence-corrected chi connectivity index (χ1v) is 6.15. The Morgan fingerprint density at radius 3 is 2.33 bits per heavy atom. The van der Waals surface area contributed by atoms with Gasteiger partial charge in [-0.25, -0.2) is 4.98 Å². The van der Waals surface area contributed by atoms with Crippen LogP contribution in [-0.4, -0.2) is 11.3 Å². The monoisotopic (exact) mass is 312 g/mol. The largest absolute Gasteiger partial charge is 0.573 e. The van der Waals surface area contributed by atoms with Crippen LogP contribution in [0.2, 0.25) is 5.15 Å². The van der Waals surface area contributed by atoms with Gasteiger partial charge in [0.25, 0.3) is 0 Å². The third-order valence-electron chi connectivity index (χ3n) is 2.57. The number of benzene rings is 1. The number of nitriles is 1. The van der Waals surface area contributed by atoms with E-state index in [4.69, 9.17) is 16.9 Å². The second-order valence-corrected chi connectivity index (χ2v) is 4.41. The highest BCUT2D eigenvalue weighted by atomic mass is 35.5. The molecule has 0 saturated carbocycles. The van der Waals surface area contributed by atoms with Gasteiger partial charge in [0.15, 0.2) is 0 Å². The number of halogens is 4. The fourth-order valence-corrected chi connectivity index (χ4v) is 1.98. The molecule has 2 aromatic rings. The molecule has 0 aliphatic carbocycles. The van der Waals surface area contributed by atoms with Crippen LogP contribution >= 0.6 is 11.6 Å². The average Bonchev–Trinajstić information content (AvgIpc) is 2.39. The lowest BCUT2D eigenvalue weighted by Crippen LogP contribution is -2.16. The summed E-state index contributed by atoms with van der Waals surface area (Å²) < 4.78 is 40.0. The van der Waals surface area contributed by atoms with E-state index >= 15 is 0 Å². The third-order valence-corrected chi connectivity index (χ3v) is 2.85. The third kappa shape index (κ3) is 4.10. The number of ether oxygens (including phenoxy) is 1. The first-order valence-electron chi connectivity index (χ1n) is 5.77. The predicted octanol–water partition coefficient (Wildman–Crippen LogP) is 4.37. The van der Waals surface area contributed by atoms with Crippen molar-refractivity contribution in [1.29, 1.82) is 5.26 Å². The van der Waals surface area contributed by atoms with Gasteiger partial charge in [0.05, 0.1) is 18.2 Å². The Morgan fingerprint density at radius 1 is 1.14 bits per heavy atom. The Kier molecular flexibility index (Phi) is 4.34. The van der Waals surface area contributed by atoms with Crippen molar-refractivity contribution in [3.05, 3.63) is 47.2 Å². The Hall–Kier alpha value is -2.26. The maximum atomic E-state index is 12.1. The van der Waals surface area contributed by atoms with Crippen LogP contribution in [0.3, 0.4) is 0 Å². The van der Waals surface area contributed by atoms with Gasteiger partial charge in [0.2, 0.25) is 0 Å². The zero-order valence-electron chi connectivity index (χ0n) is 10.5. The fourth-order valence-electron chi connectivity index (χ4n) is 1.70. The van der Waals surface area contributed by atoms with Crippen molar-refractivity contribution < 1.29 is 17.9 Å². The van der Waals surface area contributed by atoms with Crippen LogP contribution in [0.5, 0.6) is 5.75 Å². The van der Waals surface area contributed by atoms with Gasteiger partial charge in [-0.3, -0.25) is 0 Å². The van der Waals surface area contributed by atoms with Crippen LogP contribution in [0.4, 0.5) is 13.2 Å². The molecule has 0 bridgehead atoms. The smallest absolute Gasteiger partial charge is 0.406 e. The van der Waals surface area contributed by atoms with Crippen LogP contribution in [-0.2, 0) is 6.42 Å². The van der Waals surface area contributed by atoms with Crippen molar-refractivity contribution in [3.8, 4) is 22.9 Å². The highest BCUT2D eigenvalue weighted by molar-refractivity contribution is 6.32. The number of hydrogen-bond donors (Lipinski definition) is 0. The van der Waals surface area contributed by atoms with Crippen LogP contribution in [0, 0.1) is 11.3 Å². The highest BCUT2D eigenvalue weighted by Gasteiger charge is 2.30. The Balaban J connectivity index is 2.25. The summed E-state index contributed by atoms with van der Waals surface area (Å²) in [6.45, 7) is 0. The lowest BCUT2D eigenvalue weighted by Gasteiger charge is -2.10. The molecule has 0 atom stereocenters. The molecule has 0 fully saturated rings. The van der Waals surface area contributed by atoms with E-state index in [9.17, 15) is 13.2 Å². The second-order valence-electron chi connectivity index (χ2n) is 4.05. The summed E-state index contributed by atoms with van der Waals surface area (Å²) in [6.07, 6.45) is -4.59. The minimum atomic E-state index is -4.72. The van der Waals surface area contributed by atoms with Crippen molar-refractivity contribution in [2.45, 2.75) is 12.8 Å². The molecular weight excluding hydrogens is 305 g/mol. The van der Waals surface area contributed by atoms with E-state index in [2.05, 4.69) is 9.72 Å². The highest BCUT2D eigenvalue weighted by Crippen LogP contribution is 2.30. The van der Waals surface area contributed by atoms with Crippen molar-refractivity contribution >= 4 is 11.6 Å². The molecule has 0 spiro atoms. The quantitative estimate of drug-likeness (QED) is 0.791. The predicted molar refractivity (Wildman–Crippen MR) is 70.7 cm³/mol.